The molecule has 2 aromatic carbocycles. The molecular formula is C25H22N2O5S. The van der Waals surface area contributed by atoms with Crippen LogP contribution >= 0.6 is 11.3 Å². The molecule has 1 atom stereocenters. The Balaban J connectivity index is 1.34. The number of nitrogens with one attached hydrogen (secondary N) is 2. The van der Waals surface area contributed by atoms with E-state index in [1.807, 2.05) is 49.4 Å². The molecule has 2 aromatic heterocycles. The van der Waals surface area contributed by atoms with E-state index in [1.165, 1.54) is 6.26 Å². The minimum atomic E-state index is -0.621. The second kappa shape index (κ2) is 9.70. The second-order valence-electron chi connectivity index (χ2n) is 7.49. The molecule has 0 fully saturated rings. The molecule has 2 heterocycles. The maximum absolute atomic E-state index is 12.5. The predicted molar refractivity (Wildman–Crippen MR) is 127 cm³/mol. The van der Waals surface area contributed by atoms with Crippen molar-refractivity contribution in [1.29, 1.82) is 0 Å². The van der Waals surface area contributed by atoms with E-state index in [9.17, 15) is 14.4 Å². The maximum atomic E-state index is 12.5. The summed E-state index contributed by atoms with van der Waals surface area (Å²) in [5.74, 6) is -1.27. The van der Waals surface area contributed by atoms with Crippen LogP contribution in [0.1, 0.15) is 44.3 Å². The van der Waals surface area contributed by atoms with E-state index >= 15 is 0 Å². The van der Waals surface area contributed by atoms with Gasteiger partial charge in [0.05, 0.1) is 17.3 Å². The highest BCUT2D eigenvalue weighted by Gasteiger charge is 2.19. The Kier molecular flexibility index (Phi) is 6.55. The van der Waals surface area contributed by atoms with Crippen molar-refractivity contribution in [3.05, 3.63) is 88.7 Å². The van der Waals surface area contributed by atoms with Crippen molar-refractivity contribution in [2.75, 3.05) is 11.9 Å². The third-order valence-corrected chi connectivity index (χ3v) is 6.22. The highest BCUT2D eigenvalue weighted by molar-refractivity contribution is 7.18. The summed E-state index contributed by atoms with van der Waals surface area (Å²) >= 11 is 1.08. The van der Waals surface area contributed by atoms with Gasteiger partial charge < -0.3 is 19.8 Å². The first-order valence-electron chi connectivity index (χ1n) is 10.3. The summed E-state index contributed by atoms with van der Waals surface area (Å²) in [5, 5.41) is 8.19. The van der Waals surface area contributed by atoms with E-state index < -0.39 is 24.4 Å². The Bertz CT molecular complexity index is 1300. The van der Waals surface area contributed by atoms with Crippen molar-refractivity contribution >= 4 is 44.9 Å². The lowest BCUT2D eigenvalue weighted by molar-refractivity contribution is -0.124. The smallest absolute Gasteiger partial charge is 0.349 e. The number of ether oxygens (including phenoxy) is 1. The van der Waals surface area contributed by atoms with Crippen LogP contribution < -0.4 is 10.6 Å². The average Bonchev–Trinajstić information content (AvgIpc) is 3.47. The number of aryl methyl sites for hydroxylation is 1. The van der Waals surface area contributed by atoms with Gasteiger partial charge in [0.25, 0.3) is 11.8 Å². The molecule has 8 heteroatoms. The summed E-state index contributed by atoms with van der Waals surface area (Å²) in [6.45, 7) is 3.22. The summed E-state index contributed by atoms with van der Waals surface area (Å²) < 4.78 is 10.3. The van der Waals surface area contributed by atoms with Crippen LogP contribution in [-0.4, -0.2) is 24.4 Å². The quantitative estimate of drug-likeness (QED) is 0.373. The SMILES string of the molecule is Cc1cc(NC(=O)c2ccco2)sc1C(=O)OCC(=O)NC(C)c1cccc2ccccc12. The number of esters is 1. The van der Waals surface area contributed by atoms with Crippen molar-refractivity contribution < 1.29 is 23.5 Å². The van der Waals surface area contributed by atoms with Gasteiger partial charge in [-0.1, -0.05) is 42.5 Å². The zero-order chi connectivity index (χ0) is 23.4. The van der Waals surface area contributed by atoms with Crippen LogP contribution in [0.2, 0.25) is 0 Å². The minimum absolute atomic E-state index is 0.169. The fourth-order valence-electron chi connectivity index (χ4n) is 3.51. The normalized spacial score (nSPS) is 11.7. The summed E-state index contributed by atoms with van der Waals surface area (Å²) in [4.78, 5) is 37.4. The molecule has 0 aliphatic rings. The summed E-state index contributed by atoms with van der Waals surface area (Å²) in [7, 11) is 0. The van der Waals surface area contributed by atoms with E-state index in [1.54, 1.807) is 25.1 Å². The molecule has 7 nitrogen and oxygen atoms in total. The molecule has 0 bridgehead atoms. The van der Waals surface area contributed by atoms with Gasteiger partial charge in [-0.2, -0.15) is 0 Å². The monoisotopic (exact) mass is 462 g/mol. The number of hydrogen-bond donors (Lipinski definition) is 2. The Morgan fingerprint density at radius 2 is 1.85 bits per heavy atom. The molecule has 0 radical (unpaired) electrons. The van der Waals surface area contributed by atoms with Crippen LogP contribution in [0.25, 0.3) is 10.8 Å². The fourth-order valence-corrected chi connectivity index (χ4v) is 4.47. The largest absolute Gasteiger partial charge is 0.459 e. The van der Waals surface area contributed by atoms with Crippen LogP contribution in [0.3, 0.4) is 0 Å². The van der Waals surface area contributed by atoms with Crippen LogP contribution in [0.15, 0.2) is 71.3 Å². The van der Waals surface area contributed by atoms with Crippen LogP contribution in [0.4, 0.5) is 5.00 Å². The van der Waals surface area contributed by atoms with E-state index in [0.717, 1.165) is 27.7 Å². The van der Waals surface area contributed by atoms with Crippen LogP contribution in [-0.2, 0) is 9.53 Å². The number of carbonyl (C=O) groups excluding carboxylic acids is 3. The number of rotatable bonds is 7. The molecule has 0 saturated heterocycles. The molecule has 4 aromatic rings. The molecule has 0 saturated carbocycles. The number of benzene rings is 2. The van der Waals surface area contributed by atoms with Crippen molar-refractivity contribution in [1.82, 2.24) is 5.32 Å². The van der Waals surface area contributed by atoms with E-state index in [2.05, 4.69) is 10.6 Å². The van der Waals surface area contributed by atoms with Gasteiger partial charge in [0, 0.05) is 0 Å². The Labute approximate surface area is 194 Å². The number of carbonyl (C=O) groups is 3. The minimum Gasteiger partial charge on any atom is -0.459 e. The average molecular weight is 463 g/mol. The molecule has 168 valence electrons. The Hall–Kier alpha value is -3.91. The zero-order valence-electron chi connectivity index (χ0n) is 18.1. The lowest BCUT2D eigenvalue weighted by Crippen LogP contribution is -2.31. The first-order chi connectivity index (χ1) is 15.9. The molecule has 4 rings (SSSR count). The Morgan fingerprint density at radius 3 is 2.64 bits per heavy atom. The highest BCUT2D eigenvalue weighted by Crippen LogP contribution is 2.28. The van der Waals surface area contributed by atoms with Gasteiger partial charge in [-0.05, 0) is 53.9 Å². The zero-order valence-corrected chi connectivity index (χ0v) is 18.9. The van der Waals surface area contributed by atoms with E-state index in [-0.39, 0.29) is 11.8 Å². The summed E-state index contributed by atoms with van der Waals surface area (Å²) in [6.07, 6.45) is 1.41. The molecule has 0 aliphatic heterocycles. The molecule has 2 amide bonds. The molecular weight excluding hydrogens is 440 g/mol. The number of fused-ring (bicyclic) bond motifs is 1. The number of furan rings is 1. The van der Waals surface area contributed by atoms with Crippen LogP contribution in [0.5, 0.6) is 0 Å². The third-order valence-electron chi connectivity index (χ3n) is 5.09. The molecule has 33 heavy (non-hydrogen) atoms. The van der Waals surface area contributed by atoms with Crippen molar-refractivity contribution in [2.45, 2.75) is 19.9 Å². The lowest BCUT2D eigenvalue weighted by atomic mass is 10.00. The Morgan fingerprint density at radius 1 is 1.06 bits per heavy atom. The number of anilines is 1. The molecule has 0 aliphatic carbocycles. The van der Waals surface area contributed by atoms with Crippen molar-refractivity contribution in [3.8, 4) is 0 Å². The first-order valence-corrected chi connectivity index (χ1v) is 11.1. The van der Waals surface area contributed by atoms with Gasteiger partial charge >= 0.3 is 5.97 Å². The topological polar surface area (TPSA) is 97.6 Å². The molecule has 1 unspecified atom stereocenters. The number of hydrogen-bond acceptors (Lipinski definition) is 6. The van der Waals surface area contributed by atoms with Gasteiger partial charge in [-0.15, -0.1) is 11.3 Å². The first kappa shape index (κ1) is 22.3. The van der Waals surface area contributed by atoms with E-state index in [4.69, 9.17) is 9.15 Å². The van der Waals surface area contributed by atoms with Gasteiger partial charge in [-0.25, -0.2) is 4.79 Å². The van der Waals surface area contributed by atoms with Gasteiger partial charge in [0.15, 0.2) is 12.4 Å². The molecule has 0 spiro atoms. The fraction of sp³-hybridized carbons (Fsp3) is 0.160. The van der Waals surface area contributed by atoms with Crippen LogP contribution in [0, 0.1) is 6.92 Å². The van der Waals surface area contributed by atoms with Crippen molar-refractivity contribution in [2.24, 2.45) is 0 Å². The van der Waals surface area contributed by atoms with Crippen molar-refractivity contribution in [3.63, 3.8) is 0 Å². The van der Waals surface area contributed by atoms with E-state index in [0.29, 0.717) is 15.4 Å². The van der Waals surface area contributed by atoms with Gasteiger partial charge in [-0.3, -0.25) is 9.59 Å². The predicted octanol–water partition coefficient (Wildman–Crippen LogP) is 5.09. The standard InChI is InChI=1S/C25H22N2O5S/c1-15-13-22(27-24(29)20-11-6-12-31-20)33-23(15)25(30)32-14-21(28)26-16(2)18-10-5-8-17-7-3-4-9-19(17)18/h3-13,16H,14H2,1-2H3,(H,26,28)(H,27,29). The lowest BCUT2D eigenvalue weighted by Gasteiger charge is -2.16. The van der Waals surface area contributed by atoms with Gasteiger partial charge in [0.2, 0.25) is 0 Å². The van der Waals surface area contributed by atoms with Gasteiger partial charge in [0.1, 0.15) is 4.88 Å². The number of thiophene rings is 1. The second-order valence-corrected chi connectivity index (χ2v) is 8.54. The summed E-state index contributed by atoms with van der Waals surface area (Å²) in [6, 6.07) is 18.5. The maximum Gasteiger partial charge on any atom is 0.349 e. The number of amides is 2. The highest BCUT2D eigenvalue weighted by atomic mass is 32.1. The molecule has 2 N–H and O–H groups in total. The summed E-state index contributed by atoms with van der Waals surface area (Å²) in [5.41, 5.74) is 1.63. The third kappa shape index (κ3) is 5.12.